The Kier molecular flexibility index (Phi) is 3.14. The summed E-state index contributed by atoms with van der Waals surface area (Å²) in [4.78, 5) is 0. The van der Waals surface area contributed by atoms with Gasteiger partial charge in [0.1, 0.15) is 0 Å². The van der Waals surface area contributed by atoms with Gasteiger partial charge >= 0.3 is 0 Å². The Hall–Kier alpha value is -0.380. The normalized spacial score (nSPS) is 31.5. The van der Waals surface area contributed by atoms with E-state index >= 15 is 0 Å². The van der Waals surface area contributed by atoms with Crippen LogP contribution in [0.2, 0.25) is 0 Å². The van der Waals surface area contributed by atoms with Crippen LogP contribution in [0, 0.1) is 0 Å². The van der Waals surface area contributed by atoms with Gasteiger partial charge in [-0.2, -0.15) is 0 Å². The molecule has 3 N–H and O–H groups in total. The topological polar surface area (TPSA) is 46.2 Å². The van der Waals surface area contributed by atoms with Crippen LogP contribution in [0.5, 0.6) is 0 Å². The van der Waals surface area contributed by atoms with E-state index in [9.17, 15) is 5.11 Å². The van der Waals surface area contributed by atoms with Crippen LogP contribution in [0.15, 0.2) is 28.7 Å². The van der Waals surface area contributed by atoms with E-state index in [4.69, 9.17) is 5.73 Å². The molecule has 2 nitrogen and oxygen atoms in total. The molecule has 1 aliphatic carbocycles. The Balaban J connectivity index is 2.18. The first-order valence-corrected chi connectivity index (χ1v) is 6.13. The van der Waals surface area contributed by atoms with Crippen LogP contribution in [0.1, 0.15) is 31.2 Å². The predicted molar refractivity (Wildman–Crippen MR) is 64.5 cm³/mol. The lowest BCUT2D eigenvalue weighted by molar-refractivity contribution is -0.00497. The summed E-state index contributed by atoms with van der Waals surface area (Å²) in [6.45, 7) is 0. The van der Waals surface area contributed by atoms with Crippen molar-refractivity contribution >= 4 is 15.9 Å². The molecule has 1 fully saturated rings. The second-order valence-electron chi connectivity index (χ2n) is 4.38. The Morgan fingerprint density at radius 3 is 2.27 bits per heavy atom. The Morgan fingerprint density at radius 2 is 1.73 bits per heavy atom. The summed E-state index contributed by atoms with van der Waals surface area (Å²) < 4.78 is 1.04. The molecule has 1 aromatic carbocycles. The zero-order valence-electron chi connectivity index (χ0n) is 8.62. The molecule has 0 aliphatic heterocycles. The molecule has 0 spiro atoms. The van der Waals surface area contributed by atoms with Gasteiger partial charge in [0.15, 0.2) is 0 Å². The third-order valence-electron chi connectivity index (χ3n) is 3.24. The lowest BCUT2D eigenvalue weighted by atomic mass is 9.78. The summed E-state index contributed by atoms with van der Waals surface area (Å²) >= 11 is 3.39. The highest BCUT2D eigenvalue weighted by Gasteiger charge is 2.33. The summed E-state index contributed by atoms with van der Waals surface area (Å²) in [5, 5.41) is 10.5. The number of rotatable bonds is 1. The fourth-order valence-corrected chi connectivity index (χ4v) is 2.43. The monoisotopic (exact) mass is 269 g/mol. The van der Waals surface area contributed by atoms with Crippen molar-refractivity contribution in [2.75, 3.05) is 0 Å². The van der Waals surface area contributed by atoms with Crippen LogP contribution in [0.4, 0.5) is 0 Å². The van der Waals surface area contributed by atoms with E-state index in [0.29, 0.717) is 0 Å². The van der Waals surface area contributed by atoms with Gasteiger partial charge in [0.2, 0.25) is 0 Å². The van der Waals surface area contributed by atoms with E-state index in [0.717, 1.165) is 35.7 Å². The van der Waals surface area contributed by atoms with Crippen molar-refractivity contribution in [1.82, 2.24) is 0 Å². The van der Waals surface area contributed by atoms with Gasteiger partial charge in [0.25, 0.3) is 0 Å². The fourth-order valence-electron chi connectivity index (χ4n) is 2.17. The van der Waals surface area contributed by atoms with Crippen molar-refractivity contribution < 1.29 is 5.11 Å². The van der Waals surface area contributed by atoms with Crippen LogP contribution in [-0.4, -0.2) is 11.1 Å². The molecule has 3 heteroatoms. The lowest BCUT2D eigenvalue weighted by Gasteiger charge is -2.35. The molecule has 15 heavy (non-hydrogen) atoms. The summed E-state index contributed by atoms with van der Waals surface area (Å²) in [5.41, 5.74) is 6.19. The van der Waals surface area contributed by atoms with E-state index in [-0.39, 0.29) is 6.04 Å². The smallest absolute Gasteiger partial charge is 0.0897 e. The maximum atomic E-state index is 10.5. The summed E-state index contributed by atoms with van der Waals surface area (Å²) in [6, 6.07) is 8.19. The van der Waals surface area contributed by atoms with Gasteiger partial charge in [-0.25, -0.2) is 0 Å². The number of halogens is 1. The maximum absolute atomic E-state index is 10.5. The van der Waals surface area contributed by atoms with Crippen LogP contribution < -0.4 is 5.73 Å². The molecule has 1 aromatic rings. The fraction of sp³-hybridized carbons (Fsp3) is 0.500. The molecule has 0 saturated heterocycles. The Labute approximate surface area is 98.6 Å². The zero-order valence-corrected chi connectivity index (χ0v) is 10.2. The Morgan fingerprint density at radius 1 is 1.20 bits per heavy atom. The second-order valence-corrected chi connectivity index (χ2v) is 5.29. The summed E-state index contributed by atoms with van der Waals surface area (Å²) in [7, 11) is 0. The molecule has 82 valence electrons. The second kappa shape index (κ2) is 4.24. The highest BCUT2D eigenvalue weighted by atomic mass is 79.9. The number of aliphatic hydroxyl groups is 1. The molecule has 2 rings (SSSR count). The minimum Gasteiger partial charge on any atom is -0.385 e. The highest BCUT2D eigenvalue weighted by Crippen LogP contribution is 2.36. The highest BCUT2D eigenvalue weighted by molar-refractivity contribution is 9.10. The maximum Gasteiger partial charge on any atom is 0.0897 e. The van der Waals surface area contributed by atoms with Gasteiger partial charge in [-0.15, -0.1) is 0 Å². The minimum absolute atomic E-state index is 0.265. The van der Waals surface area contributed by atoms with Crippen molar-refractivity contribution in [3.8, 4) is 0 Å². The van der Waals surface area contributed by atoms with Gasteiger partial charge in [-0.1, -0.05) is 28.1 Å². The number of benzene rings is 1. The average molecular weight is 270 g/mol. The molecular formula is C12H16BrNO. The first kappa shape index (κ1) is 11.1. The quantitative estimate of drug-likeness (QED) is 0.823. The van der Waals surface area contributed by atoms with Crippen molar-refractivity contribution in [3.05, 3.63) is 34.3 Å². The number of hydrogen-bond acceptors (Lipinski definition) is 2. The number of hydrogen-bond donors (Lipinski definition) is 2. The molecule has 1 saturated carbocycles. The molecule has 1 aliphatic rings. The standard InChI is InChI=1S/C12H16BrNO/c13-10-3-1-9(2-4-10)12(15)7-5-11(14)6-8-12/h1-4,11,15H,5-8,14H2. The third-order valence-corrected chi connectivity index (χ3v) is 3.77. The summed E-state index contributed by atoms with van der Waals surface area (Å²) in [5.74, 6) is 0. The van der Waals surface area contributed by atoms with E-state index < -0.39 is 5.60 Å². The molecule has 0 aromatic heterocycles. The molecule has 0 atom stereocenters. The third kappa shape index (κ3) is 2.41. The zero-order chi connectivity index (χ0) is 10.9. The van der Waals surface area contributed by atoms with E-state index in [2.05, 4.69) is 15.9 Å². The molecule has 0 radical (unpaired) electrons. The van der Waals surface area contributed by atoms with E-state index in [1.54, 1.807) is 0 Å². The van der Waals surface area contributed by atoms with Crippen molar-refractivity contribution in [2.45, 2.75) is 37.3 Å². The Bertz CT molecular complexity index is 328. The molecule has 0 amide bonds. The largest absolute Gasteiger partial charge is 0.385 e. The van der Waals surface area contributed by atoms with Gasteiger partial charge in [-0.3, -0.25) is 0 Å². The minimum atomic E-state index is -0.656. The molecule has 0 bridgehead atoms. The SMILES string of the molecule is NC1CCC(O)(c2ccc(Br)cc2)CC1. The van der Waals surface area contributed by atoms with E-state index in [1.807, 2.05) is 24.3 Å². The van der Waals surface area contributed by atoms with Gasteiger partial charge in [0.05, 0.1) is 5.60 Å². The van der Waals surface area contributed by atoms with Crippen molar-refractivity contribution in [2.24, 2.45) is 5.73 Å². The molecular weight excluding hydrogens is 254 g/mol. The van der Waals surface area contributed by atoms with E-state index in [1.165, 1.54) is 0 Å². The predicted octanol–water partition coefficient (Wildman–Crippen LogP) is 2.54. The first-order valence-electron chi connectivity index (χ1n) is 5.34. The van der Waals surface area contributed by atoms with Gasteiger partial charge in [0, 0.05) is 10.5 Å². The summed E-state index contributed by atoms with van der Waals surface area (Å²) in [6.07, 6.45) is 3.37. The van der Waals surface area contributed by atoms with Crippen LogP contribution >= 0.6 is 15.9 Å². The number of nitrogens with two attached hydrogens (primary N) is 1. The van der Waals surface area contributed by atoms with Crippen LogP contribution in [0.25, 0.3) is 0 Å². The molecule has 0 unspecified atom stereocenters. The van der Waals surface area contributed by atoms with Crippen molar-refractivity contribution in [3.63, 3.8) is 0 Å². The van der Waals surface area contributed by atoms with Gasteiger partial charge in [-0.05, 0) is 43.4 Å². The molecule has 0 heterocycles. The van der Waals surface area contributed by atoms with Gasteiger partial charge < -0.3 is 10.8 Å². The average Bonchev–Trinajstić information content (AvgIpc) is 2.24. The van der Waals surface area contributed by atoms with Crippen LogP contribution in [0.3, 0.4) is 0 Å². The lowest BCUT2D eigenvalue weighted by Crippen LogP contribution is -2.36. The van der Waals surface area contributed by atoms with Crippen LogP contribution in [-0.2, 0) is 5.60 Å². The first-order chi connectivity index (χ1) is 7.10. The van der Waals surface area contributed by atoms with Crippen molar-refractivity contribution in [1.29, 1.82) is 0 Å².